The third kappa shape index (κ3) is 10.9. The maximum atomic E-state index is 6.12. The topological polar surface area (TPSA) is 52.5 Å². The van der Waals surface area contributed by atoms with E-state index in [-0.39, 0.29) is 21.7 Å². The van der Waals surface area contributed by atoms with Gasteiger partial charge in [-0.3, -0.25) is 0 Å². The molecule has 0 saturated carbocycles. The van der Waals surface area contributed by atoms with Gasteiger partial charge in [0.1, 0.15) is 11.8 Å². The largest absolute Gasteiger partial charge is 0.462 e. The Balaban J connectivity index is 0.916. The summed E-state index contributed by atoms with van der Waals surface area (Å²) in [5.41, 5.74) is 16.0. The smallest absolute Gasteiger partial charge is 0.136 e. The van der Waals surface area contributed by atoms with E-state index in [1.54, 1.807) is 0 Å². The molecule has 0 aliphatic heterocycles. The van der Waals surface area contributed by atoms with Gasteiger partial charge in [-0.25, -0.2) is 0 Å². The summed E-state index contributed by atoms with van der Waals surface area (Å²) >= 11 is 0. The average Bonchev–Trinajstić information content (AvgIpc) is 3.70. The third-order valence-electron chi connectivity index (χ3n) is 13.2. The molecule has 1 aromatic heterocycles. The number of rotatable bonds is 15. The summed E-state index contributed by atoms with van der Waals surface area (Å²) in [7, 11) is 0. The lowest BCUT2D eigenvalue weighted by Gasteiger charge is -2.30. The van der Waals surface area contributed by atoms with Gasteiger partial charge >= 0.3 is 0 Å². The zero-order valence-corrected chi connectivity index (χ0v) is 40.7. The molecule has 0 radical (unpaired) electrons. The second-order valence-electron chi connectivity index (χ2n) is 21.4. The highest BCUT2D eigenvalue weighted by Crippen LogP contribution is 2.42. The summed E-state index contributed by atoms with van der Waals surface area (Å²) in [6, 6.07) is 61.0. The number of benzene rings is 7. The number of furan rings is 1. The minimum absolute atomic E-state index is 0.00119. The molecule has 8 rings (SSSR count). The minimum atomic E-state index is 0.00119. The Bertz CT molecular complexity index is 2850. The van der Waals surface area contributed by atoms with Crippen LogP contribution in [-0.4, -0.2) is 0 Å². The Hall–Kier alpha value is -6.72. The van der Waals surface area contributed by atoms with Gasteiger partial charge in [0.15, 0.2) is 0 Å². The molecule has 0 aliphatic carbocycles. The number of fused-ring (bicyclic) bond motifs is 1. The molecule has 0 spiro atoms. The number of anilines is 9. The molecule has 5 heteroatoms. The molecule has 8 aromatic rings. The van der Waals surface area contributed by atoms with Crippen LogP contribution in [0.1, 0.15) is 111 Å². The molecule has 0 saturated heterocycles. The second-order valence-corrected chi connectivity index (χ2v) is 21.4. The molecule has 0 atom stereocenters. The molecule has 0 fully saturated rings. The van der Waals surface area contributed by atoms with Gasteiger partial charge in [-0.2, -0.15) is 0 Å². The van der Waals surface area contributed by atoms with Crippen LogP contribution < -0.4 is 20.9 Å². The van der Waals surface area contributed by atoms with Gasteiger partial charge in [-0.1, -0.05) is 148 Å². The first-order valence-corrected chi connectivity index (χ1v) is 23.6. The number of nitrogens with zero attached hydrogens (tertiary/aromatic N) is 1. The van der Waals surface area contributed by atoms with Gasteiger partial charge in [0, 0.05) is 50.9 Å². The van der Waals surface area contributed by atoms with E-state index in [1.807, 2.05) is 18.4 Å². The zero-order valence-electron chi connectivity index (χ0n) is 40.7. The maximum absolute atomic E-state index is 6.12. The monoisotopic (exact) mass is 873 g/mol. The first-order chi connectivity index (χ1) is 31.4. The van der Waals surface area contributed by atoms with Crippen LogP contribution in [0.3, 0.4) is 0 Å². The molecule has 338 valence electrons. The van der Waals surface area contributed by atoms with Crippen LogP contribution in [0.25, 0.3) is 11.0 Å². The van der Waals surface area contributed by atoms with Crippen molar-refractivity contribution in [1.29, 1.82) is 0 Å². The normalized spacial score (nSPS) is 12.3. The van der Waals surface area contributed by atoms with E-state index in [0.29, 0.717) is 0 Å². The lowest BCUT2D eigenvalue weighted by molar-refractivity contribution is 0.392. The number of nitrogens with one attached hydrogen (secondary N) is 3. The molecule has 7 aromatic carbocycles. The van der Waals surface area contributed by atoms with E-state index < -0.39 is 0 Å². The van der Waals surface area contributed by atoms with E-state index in [2.05, 4.69) is 248 Å². The van der Waals surface area contributed by atoms with Crippen molar-refractivity contribution in [2.24, 2.45) is 0 Å². The van der Waals surface area contributed by atoms with E-state index in [1.165, 1.54) is 22.3 Å². The van der Waals surface area contributed by atoms with Gasteiger partial charge in [0.2, 0.25) is 0 Å². The van der Waals surface area contributed by atoms with Gasteiger partial charge < -0.3 is 25.3 Å². The standard InChI is InChI=1S/C61H68N4O/c1-58(2,3)43-22-30-47(31-23-43)62-50-16-13-17-51(40-50)63-49-34-26-45(27-35-49)60(7,8)38-15-39-61(9,10)46-28-36-53(37-29-46)65(56-42-66-57-21-12-11-20-55(56)57)54-19-14-18-52(41-54)64-48-32-24-44(25-33-48)59(4,5)6/h11-14,16-37,40-42,62-64H,15,38-39H2,1-10H3. The van der Waals surface area contributed by atoms with Crippen molar-refractivity contribution in [2.75, 3.05) is 20.9 Å². The highest BCUT2D eigenvalue weighted by molar-refractivity contribution is 5.97. The lowest BCUT2D eigenvalue weighted by atomic mass is 9.75. The summed E-state index contributed by atoms with van der Waals surface area (Å²) in [5.74, 6) is 0. The Morgan fingerprint density at radius 1 is 0.394 bits per heavy atom. The third-order valence-corrected chi connectivity index (χ3v) is 13.2. The molecule has 3 N–H and O–H groups in total. The van der Waals surface area contributed by atoms with E-state index in [9.17, 15) is 0 Å². The first-order valence-electron chi connectivity index (χ1n) is 23.6. The van der Waals surface area contributed by atoms with Crippen LogP contribution in [0.5, 0.6) is 0 Å². The predicted octanol–water partition coefficient (Wildman–Crippen LogP) is 18.2. The lowest BCUT2D eigenvalue weighted by Crippen LogP contribution is -2.21. The Morgan fingerprint density at radius 2 is 0.818 bits per heavy atom. The van der Waals surface area contributed by atoms with Crippen LogP contribution in [0.15, 0.2) is 181 Å². The van der Waals surface area contributed by atoms with Crippen molar-refractivity contribution in [3.05, 3.63) is 198 Å². The maximum Gasteiger partial charge on any atom is 0.136 e. The highest BCUT2D eigenvalue weighted by Gasteiger charge is 2.26. The highest BCUT2D eigenvalue weighted by atomic mass is 16.3. The molecule has 0 bridgehead atoms. The van der Waals surface area contributed by atoms with Crippen molar-refractivity contribution >= 4 is 62.2 Å². The molecule has 5 nitrogen and oxygen atoms in total. The van der Waals surface area contributed by atoms with Gasteiger partial charge in [0.25, 0.3) is 0 Å². The van der Waals surface area contributed by atoms with Crippen molar-refractivity contribution in [2.45, 2.75) is 110 Å². The summed E-state index contributed by atoms with van der Waals surface area (Å²) in [5, 5.41) is 11.9. The molecule has 1 heterocycles. The molecule has 0 amide bonds. The molecule has 0 unspecified atom stereocenters. The first kappa shape index (κ1) is 45.8. The molecular formula is C61H68N4O. The molecular weight excluding hydrogens is 805 g/mol. The van der Waals surface area contributed by atoms with E-state index in [4.69, 9.17) is 4.42 Å². The molecule has 0 aliphatic rings. The molecule has 66 heavy (non-hydrogen) atoms. The van der Waals surface area contributed by atoms with Crippen molar-refractivity contribution in [1.82, 2.24) is 0 Å². The van der Waals surface area contributed by atoms with Crippen molar-refractivity contribution in [3.8, 4) is 0 Å². The van der Waals surface area contributed by atoms with Crippen LogP contribution in [0, 0.1) is 0 Å². The fourth-order valence-electron chi connectivity index (χ4n) is 8.90. The van der Waals surface area contributed by atoms with Crippen molar-refractivity contribution < 1.29 is 4.42 Å². The quantitative estimate of drug-likeness (QED) is 0.0958. The summed E-state index contributed by atoms with van der Waals surface area (Å²) in [6.07, 6.45) is 5.18. The predicted molar refractivity (Wildman–Crippen MR) is 284 cm³/mol. The summed E-state index contributed by atoms with van der Waals surface area (Å²) in [6.45, 7) is 23.0. The number of hydrogen-bond donors (Lipinski definition) is 3. The average molecular weight is 873 g/mol. The van der Waals surface area contributed by atoms with Gasteiger partial charge in [0.05, 0.1) is 5.69 Å². The van der Waals surface area contributed by atoms with E-state index >= 15 is 0 Å². The van der Waals surface area contributed by atoms with Crippen LogP contribution in [0.2, 0.25) is 0 Å². The van der Waals surface area contributed by atoms with Gasteiger partial charge in [-0.15, -0.1) is 0 Å². The Labute approximate surface area is 394 Å². The Kier molecular flexibility index (Phi) is 12.9. The fraction of sp³-hybridized carbons (Fsp3) is 0.279. The second kappa shape index (κ2) is 18.6. The van der Waals surface area contributed by atoms with Crippen molar-refractivity contribution in [3.63, 3.8) is 0 Å². The van der Waals surface area contributed by atoms with Crippen LogP contribution in [0.4, 0.5) is 51.2 Å². The summed E-state index contributed by atoms with van der Waals surface area (Å²) < 4.78 is 6.12. The number of para-hydroxylation sites is 1. The Morgan fingerprint density at radius 3 is 1.30 bits per heavy atom. The fourth-order valence-corrected chi connectivity index (χ4v) is 8.90. The minimum Gasteiger partial charge on any atom is -0.462 e. The van der Waals surface area contributed by atoms with Crippen LogP contribution >= 0.6 is 0 Å². The van der Waals surface area contributed by atoms with E-state index in [0.717, 1.165) is 81.4 Å². The zero-order chi connectivity index (χ0) is 46.7. The number of hydrogen-bond acceptors (Lipinski definition) is 5. The SMILES string of the molecule is CC(C)(C)c1ccc(Nc2cccc(Nc3ccc(C(C)(C)CCCC(C)(C)c4ccc(N(c5cccc(Nc6ccc(C(C)(C)C)cc6)c5)c5coc6ccccc56)cc4)cc3)c2)cc1. The summed E-state index contributed by atoms with van der Waals surface area (Å²) in [4.78, 5) is 2.31. The van der Waals surface area contributed by atoms with Crippen LogP contribution in [-0.2, 0) is 21.7 Å². The van der Waals surface area contributed by atoms with Gasteiger partial charge in [-0.05, 0) is 154 Å².